The zero-order chi connectivity index (χ0) is 16.6. The predicted molar refractivity (Wildman–Crippen MR) is 98.9 cm³/mol. The highest BCUT2D eigenvalue weighted by Gasteiger charge is 2.07. The van der Waals surface area contributed by atoms with Gasteiger partial charge in [-0.25, -0.2) is 4.68 Å². The van der Waals surface area contributed by atoms with Crippen molar-refractivity contribution < 1.29 is 0 Å². The molecule has 0 atom stereocenters. The minimum Gasteiger partial charge on any atom is -0.291 e. The van der Waals surface area contributed by atoms with E-state index >= 15 is 0 Å². The second kappa shape index (κ2) is 6.40. The Bertz CT molecular complexity index is 1040. The van der Waals surface area contributed by atoms with Crippen LogP contribution in [0.3, 0.4) is 0 Å². The van der Waals surface area contributed by atoms with Gasteiger partial charge in [-0.2, -0.15) is 0 Å². The summed E-state index contributed by atoms with van der Waals surface area (Å²) in [5.41, 5.74) is 1.32. The van der Waals surface area contributed by atoms with E-state index in [1.807, 2.05) is 24.3 Å². The maximum Gasteiger partial charge on any atom is 0.279 e. The molecule has 0 radical (unpaired) electrons. The van der Waals surface area contributed by atoms with Crippen molar-refractivity contribution in [2.75, 3.05) is 0 Å². The molecule has 1 N–H and O–H groups in total. The molecular formula is C17H11BrCl2N2O. The van der Waals surface area contributed by atoms with E-state index in [-0.39, 0.29) is 5.56 Å². The fraction of sp³-hybridized carbons (Fsp3) is 0. The van der Waals surface area contributed by atoms with Crippen molar-refractivity contribution in [1.29, 1.82) is 0 Å². The Hall–Kier alpha value is -1.75. The molecule has 0 aliphatic carbocycles. The van der Waals surface area contributed by atoms with Gasteiger partial charge in [-0.15, -0.1) is 0 Å². The first kappa shape index (κ1) is 16.1. The molecule has 0 unspecified atom stereocenters. The Morgan fingerprint density at radius 3 is 2.43 bits per heavy atom. The number of halogens is 3. The summed E-state index contributed by atoms with van der Waals surface area (Å²) in [6.07, 6.45) is 1.79. The number of aromatic nitrogens is 2. The SMILES string of the molecule is C=c1[nH]n(-c2ccc(Cl)c(Cl)c2)c(=O)/c1=C\c1ccc(Br)cc1. The van der Waals surface area contributed by atoms with Crippen LogP contribution in [-0.2, 0) is 0 Å². The van der Waals surface area contributed by atoms with E-state index in [9.17, 15) is 4.79 Å². The van der Waals surface area contributed by atoms with E-state index in [1.165, 1.54) is 4.68 Å². The molecule has 0 saturated heterocycles. The Labute approximate surface area is 150 Å². The smallest absolute Gasteiger partial charge is 0.279 e. The molecule has 23 heavy (non-hydrogen) atoms. The molecule has 0 aliphatic heterocycles. The summed E-state index contributed by atoms with van der Waals surface area (Å²) in [5, 5.41) is 4.81. The lowest BCUT2D eigenvalue weighted by Gasteiger charge is -2.02. The number of hydrogen-bond acceptors (Lipinski definition) is 1. The Kier molecular flexibility index (Phi) is 4.48. The van der Waals surface area contributed by atoms with Crippen molar-refractivity contribution in [3.05, 3.63) is 83.5 Å². The topological polar surface area (TPSA) is 37.8 Å². The minimum atomic E-state index is -0.198. The van der Waals surface area contributed by atoms with Crippen molar-refractivity contribution in [3.63, 3.8) is 0 Å². The standard InChI is InChI=1S/C17H11BrCl2N2O/c1-10-14(8-11-2-4-12(18)5-3-11)17(23)22(21-10)13-6-7-15(19)16(20)9-13/h2-9,21H,1H2/b14-8-. The second-order valence-electron chi connectivity index (χ2n) is 4.94. The average Bonchev–Trinajstić information content (AvgIpc) is 2.80. The van der Waals surface area contributed by atoms with Crippen molar-refractivity contribution >= 4 is 51.8 Å². The first-order valence-corrected chi connectivity index (χ1v) is 8.23. The normalized spacial score (nSPS) is 11.9. The molecule has 0 bridgehead atoms. The van der Waals surface area contributed by atoms with Crippen molar-refractivity contribution in [2.24, 2.45) is 0 Å². The lowest BCUT2D eigenvalue weighted by molar-refractivity contribution is 0.838. The number of nitrogens with zero attached hydrogens (tertiary/aromatic N) is 1. The predicted octanol–water partition coefficient (Wildman–Crippen LogP) is 3.47. The molecule has 3 aromatic rings. The summed E-state index contributed by atoms with van der Waals surface area (Å²) in [7, 11) is 0. The Balaban J connectivity index is 2.17. The summed E-state index contributed by atoms with van der Waals surface area (Å²) < 4.78 is 2.38. The molecule has 0 amide bonds. The molecule has 0 spiro atoms. The van der Waals surface area contributed by atoms with Gasteiger partial charge in [0.2, 0.25) is 0 Å². The summed E-state index contributed by atoms with van der Waals surface area (Å²) in [6.45, 7) is 3.91. The fourth-order valence-electron chi connectivity index (χ4n) is 2.18. The summed E-state index contributed by atoms with van der Waals surface area (Å²) in [6, 6.07) is 12.7. The number of benzene rings is 2. The van der Waals surface area contributed by atoms with Gasteiger partial charge in [0.1, 0.15) is 0 Å². The largest absolute Gasteiger partial charge is 0.291 e. The molecule has 0 fully saturated rings. The highest BCUT2D eigenvalue weighted by molar-refractivity contribution is 9.10. The van der Waals surface area contributed by atoms with Gasteiger partial charge in [0.25, 0.3) is 5.56 Å². The quantitative estimate of drug-likeness (QED) is 0.691. The molecule has 1 heterocycles. The second-order valence-corrected chi connectivity index (χ2v) is 6.67. The third-order valence-electron chi connectivity index (χ3n) is 3.35. The monoisotopic (exact) mass is 408 g/mol. The number of H-pyrrole nitrogens is 1. The van der Waals surface area contributed by atoms with Crippen LogP contribution >= 0.6 is 39.1 Å². The van der Waals surface area contributed by atoms with Gasteiger partial charge in [-0.05, 0) is 42.0 Å². The van der Waals surface area contributed by atoms with Crippen LogP contribution in [0.4, 0.5) is 0 Å². The third kappa shape index (κ3) is 3.29. The van der Waals surface area contributed by atoms with E-state index < -0.39 is 0 Å². The third-order valence-corrected chi connectivity index (χ3v) is 4.62. The average molecular weight is 410 g/mol. The van der Waals surface area contributed by atoms with Crippen LogP contribution in [0.2, 0.25) is 10.0 Å². The van der Waals surface area contributed by atoms with Gasteiger partial charge in [0.05, 0.1) is 26.3 Å². The molecule has 0 aliphatic rings. The highest BCUT2D eigenvalue weighted by Crippen LogP contribution is 2.23. The van der Waals surface area contributed by atoms with Gasteiger partial charge in [-0.1, -0.05) is 57.8 Å². The molecule has 1 aromatic heterocycles. The number of nitrogens with one attached hydrogen (secondary N) is 1. The number of hydrogen-bond donors (Lipinski definition) is 1. The molecular weight excluding hydrogens is 399 g/mol. The van der Waals surface area contributed by atoms with Gasteiger partial charge in [0.15, 0.2) is 0 Å². The van der Waals surface area contributed by atoms with Gasteiger partial charge in [-0.3, -0.25) is 9.89 Å². The Morgan fingerprint density at radius 1 is 1.09 bits per heavy atom. The molecule has 0 saturated carbocycles. The van der Waals surface area contributed by atoms with E-state index in [1.54, 1.807) is 24.3 Å². The molecule has 3 nitrogen and oxygen atoms in total. The van der Waals surface area contributed by atoms with Crippen molar-refractivity contribution in [3.8, 4) is 5.69 Å². The van der Waals surface area contributed by atoms with Crippen LogP contribution in [0.5, 0.6) is 0 Å². The maximum absolute atomic E-state index is 12.6. The molecule has 116 valence electrons. The van der Waals surface area contributed by atoms with Crippen LogP contribution in [0.15, 0.2) is 51.7 Å². The first-order valence-electron chi connectivity index (χ1n) is 6.68. The molecule has 3 rings (SSSR count). The number of rotatable bonds is 2. The van der Waals surface area contributed by atoms with Gasteiger partial charge >= 0.3 is 0 Å². The highest BCUT2D eigenvalue weighted by atomic mass is 79.9. The van der Waals surface area contributed by atoms with E-state index in [4.69, 9.17) is 23.2 Å². The van der Waals surface area contributed by atoms with Gasteiger partial charge < -0.3 is 0 Å². The first-order chi connectivity index (χ1) is 11.0. The zero-order valence-electron chi connectivity index (χ0n) is 11.8. The summed E-state index contributed by atoms with van der Waals surface area (Å²) in [4.78, 5) is 12.6. The van der Waals surface area contributed by atoms with E-state index in [2.05, 4.69) is 27.6 Å². The van der Waals surface area contributed by atoms with Crippen LogP contribution in [0.1, 0.15) is 5.56 Å². The van der Waals surface area contributed by atoms with E-state index in [0.29, 0.717) is 26.3 Å². The number of aromatic amines is 1. The van der Waals surface area contributed by atoms with Crippen molar-refractivity contribution in [2.45, 2.75) is 0 Å². The van der Waals surface area contributed by atoms with Crippen LogP contribution in [-0.4, -0.2) is 9.78 Å². The zero-order valence-corrected chi connectivity index (χ0v) is 14.9. The molecule has 2 aromatic carbocycles. The Morgan fingerprint density at radius 2 is 1.78 bits per heavy atom. The van der Waals surface area contributed by atoms with Crippen molar-refractivity contribution in [1.82, 2.24) is 9.78 Å². The lowest BCUT2D eigenvalue weighted by Crippen LogP contribution is -2.33. The van der Waals surface area contributed by atoms with Crippen LogP contribution in [0, 0.1) is 0 Å². The minimum absolute atomic E-state index is 0.198. The van der Waals surface area contributed by atoms with Crippen LogP contribution in [0.25, 0.3) is 18.3 Å². The summed E-state index contributed by atoms with van der Waals surface area (Å²) >= 11 is 15.3. The summed E-state index contributed by atoms with van der Waals surface area (Å²) in [5.74, 6) is 0. The van der Waals surface area contributed by atoms with Gasteiger partial charge in [0, 0.05) is 4.47 Å². The molecule has 6 heteroatoms. The fourth-order valence-corrected chi connectivity index (χ4v) is 2.73. The maximum atomic E-state index is 12.6. The van der Waals surface area contributed by atoms with Crippen LogP contribution < -0.4 is 16.1 Å². The lowest BCUT2D eigenvalue weighted by atomic mass is 10.2. The van der Waals surface area contributed by atoms with E-state index in [0.717, 1.165) is 10.0 Å².